The number of ether oxygens (including phenoxy) is 1. The minimum Gasteiger partial charge on any atom is -0.436 e. The van der Waals surface area contributed by atoms with Gasteiger partial charge in [-0.05, 0) is 61.9 Å². The van der Waals surface area contributed by atoms with Gasteiger partial charge in [0.05, 0.1) is 34.6 Å². The van der Waals surface area contributed by atoms with Gasteiger partial charge in [-0.1, -0.05) is 23.7 Å². The highest BCUT2D eigenvalue weighted by atomic mass is 35.5. The highest BCUT2D eigenvalue weighted by molar-refractivity contribution is 6.31. The average Bonchev–Trinajstić information content (AvgIpc) is 3.22. The molecule has 1 saturated heterocycles. The van der Waals surface area contributed by atoms with Crippen LogP contribution in [0.1, 0.15) is 53.6 Å². The van der Waals surface area contributed by atoms with Crippen LogP contribution < -0.4 is 11.1 Å². The van der Waals surface area contributed by atoms with Crippen LogP contribution in [0.5, 0.6) is 0 Å². The molecule has 0 radical (unpaired) electrons. The molecular formula is C26H24ClF2N5O3. The fourth-order valence-electron chi connectivity index (χ4n) is 5.88. The van der Waals surface area contributed by atoms with Gasteiger partial charge < -0.3 is 15.4 Å². The van der Waals surface area contributed by atoms with Gasteiger partial charge in [-0.15, -0.1) is 0 Å². The molecule has 192 valence electrons. The molecular weight excluding hydrogens is 504 g/mol. The van der Waals surface area contributed by atoms with Gasteiger partial charge in [-0.2, -0.15) is 5.10 Å². The van der Waals surface area contributed by atoms with Crippen LogP contribution in [0, 0.1) is 11.6 Å². The Hall–Kier alpha value is -3.66. The maximum Gasteiger partial charge on any atom is 0.412 e. The van der Waals surface area contributed by atoms with Gasteiger partial charge in [0.1, 0.15) is 17.2 Å². The predicted molar refractivity (Wildman–Crippen MR) is 132 cm³/mol. The first-order chi connectivity index (χ1) is 17.7. The molecule has 2 amide bonds. The number of benzene rings is 2. The van der Waals surface area contributed by atoms with Crippen LogP contribution in [0.2, 0.25) is 5.02 Å². The molecule has 2 aliphatic heterocycles. The van der Waals surface area contributed by atoms with Gasteiger partial charge in [0.15, 0.2) is 11.4 Å². The van der Waals surface area contributed by atoms with Gasteiger partial charge in [0.2, 0.25) is 0 Å². The standard InChI is InChI=1S/C26H24ClF2N5O3/c27-18-7-8-19-20(21(18)29)26(37-24(36)32-19)11-2-12-33(14-26)23(35)17-13-31-34(22(17)30)25(9-1-10-25)15-3-5-16(28)6-4-15/h3-8,13H,1-2,9-12,14,30H2,(H,32,36)/t26-/m0/s1. The Morgan fingerprint density at radius 3 is 2.57 bits per heavy atom. The third-order valence-electron chi connectivity index (χ3n) is 7.82. The van der Waals surface area contributed by atoms with Crippen molar-refractivity contribution in [1.29, 1.82) is 0 Å². The van der Waals surface area contributed by atoms with Crippen LogP contribution in [-0.2, 0) is 15.9 Å². The number of rotatable bonds is 3. The first-order valence-electron chi connectivity index (χ1n) is 12.1. The number of halogens is 3. The Labute approximate surface area is 216 Å². The molecule has 1 aliphatic carbocycles. The molecule has 37 heavy (non-hydrogen) atoms. The number of carbonyl (C=O) groups excluding carboxylic acids is 2. The van der Waals surface area contributed by atoms with Crippen molar-refractivity contribution in [3.63, 3.8) is 0 Å². The molecule has 1 aromatic heterocycles. The molecule has 1 spiro atoms. The number of hydrogen-bond donors (Lipinski definition) is 2. The molecule has 3 aromatic rings. The fourth-order valence-corrected chi connectivity index (χ4v) is 6.03. The molecule has 0 unspecified atom stereocenters. The molecule has 2 aromatic carbocycles. The number of piperidine rings is 1. The Balaban J connectivity index is 1.33. The second-order valence-electron chi connectivity index (χ2n) is 9.87. The summed E-state index contributed by atoms with van der Waals surface area (Å²) in [5.74, 6) is -1.22. The van der Waals surface area contributed by atoms with E-state index >= 15 is 4.39 Å². The monoisotopic (exact) mass is 527 g/mol. The van der Waals surface area contributed by atoms with Crippen LogP contribution in [0.3, 0.4) is 0 Å². The van der Waals surface area contributed by atoms with Crippen LogP contribution in [0.4, 0.5) is 25.1 Å². The van der Waals surface area contributed by atoms with Gasteiger partial charge in [0, 0.05) is 6.54 Å². The predicted octanol–water partition coefficient (Wildman–Crippen LogP) is 5.02. The van der Waals surface area contributed by atoms with Crippen molar-refractivity contribution in [2.45, 2.75) is 43.2 Å². The lowest BCUT2D eigenvalue weighted by Crippen LogP contribution is -2.53. The van der Waals surface area contributed by atoms with E-state index in [0.29, 0.717) is 19.4 Å². The summed E-state index contributed by atoms with van der Waals surface area (Å²) < 4.78 is 36.0. The zero-order chi connectivity index (χ0) is 25.9. The molecule has 8 nitrogen and oxygen atoms in total. The molecule has 6 rings (SSSR count). The normalized spacial score (nSPS) is 22.1. The number of likely N-dealkylation sites (tertiary alicyclic amines) is 1. The third-order valence-corrected chi connectivity index (χ3v) is 8.11. The molecule has 2 fully saturated rings. The molecule has 3 heterocycles. The summed E-state index contributed by atoms with van der Waals surface area (Å²) in [6, 6.07) is 9.13. The minimum absolute atomic E-state index is 0.0583. The van der Waals surface area contributed by atoms with Gasteiger partial charge in [0.25, 0.3) is 5.91 Å². The van der Waals surface area contributed by atoms with E-state index in [1.807, 2.05) is 0 Å². The first kappa shape index (κ1) is 23.7. The number of nitrogens with zero attached hydrogens (tertiary/aromatic N) is 3. The van der Waals surface area contributed by atoms with E-state index in [-0.39, 0.29) is 40.0 Å². The zero-order valence-corrected chi connectivity index (χ0v) is 20.5. The number of hydrogen-bond acceptors (Lipinski definition) is 5. The summed E-state index contributed by atoms with van der Waals surface area (Å²) in [7, 11) is 0. The number of anilines is 2. The van der Waals surface area contributed by atoms with Crippen molar-refractivity contribution >= 4 is 35.1 Å². The number of carbonyl (C=O) groups is 2. The summed E-state index contributed by atoms with van der Waals surface area (Å²) in [6.45, 7) is 0.314. The van der Waals surface area contributed by atoms with E-state index in [1.54, 1.807) is 16.8 Å². The van der Waals surface area contributed by atoms with Crippen molar-refractivity contribution in [1.82, 2.24) is 14.7 Å². The Morgan fingerprint density at radius 1 is 1.11 bits per heavy atom. The quantitative estimate of drug-likeness (QED) is 0.498. The minimum atomic E-state index is -1.38. The van der Waals surface area contributed by atoms with E-state index in [0.717, 1.165) is 24.8 Å². The van der Waals surface area contributed by atoms with E-state index in [1.165, 1.54) is 35.4 Å². The summed E-state index contributed by atoms with van der Waals surface area (Å²) in [5.41, 5.74) is 6.04. The summed E-state index contributed by atoms with van der Waals surface area (Å²) in [6.07, 6.45) is 3.97. The number of nitrogen functional groups attached to an aromatic ring is 1. The Bertz CT molecular complexity index is 1420. The van der Waals surface area contributed by atoms with Crippen molar-refractivity contribution in [2.24, 2.45) is 0 Å². The topological polar surface area (TPSA) is 102 Å². The maximum absolute atomic E-state index is 15.2. The van der Waals surface area contributed by atoms with Crippen molar-refractivity contribution in [3.05, 3.63) is 75.9 Å². The van der Waals surface area contributed by atoms with Crippen LogP contribution in [0.25, 0.3) is 0 Å². The second-order valence-corrected chi connectivity index (χ2v) is 10.3. The van der Waals surface area contributed by atoms with E-state index in [2.05, 4.69) is 10.4 Å². The lowest BCUT2D eigenvalue weighted by molar-refractivity contribution is -0.0418. The largest absolute Gasteiger partial charge is 0.436 e. The lowest BCUT2D eigenvalue weighted by Gasteiger charge is -2.45. The SMILES string of the molecule is Nc1c(C(=O)N2CCC[C@@]3(C2)OC(=O)Nc2ccc(Cl)c(F)c23)cnn1C1(c2ccc(F)cc2)CCC1. The maximum atomic E-state index is 15.2. The zero-order valence-electron chi connectivity index (χ0n) is 19.8. The number of nitrogens with two attached hydrogens (primary N) is 1. The van der Waals surface area contributed by atoms with Crippen molar-refractivity contribution in [3.8, 4) is 0 Å². The van der Waals surface area contributed by atoms with Gasteiger partial charge >= 0.3 is 6.09 Å². The highest BCUT2D eigenvalue weighted by Crippen LogP contribution is 2.47. The third kappa shape index (κ3) is 3.57. The molecule has 3 aliphatic rings. The molecule has 1 saturated carbocycles. The fraction of sp³-hybridized carbons (Fsp3) is 0.346. The number of aromatic nitrogens is 2. The number of amides is 2. The Morgan fingerprint density at radius 2 is 1.86 bits per heavy atom. The average molecular weight is 528 g/mol. The molecule has 1 atom stereocenters. The van der Waals surface area contributed by atoms with Crippen LogP contribution >= 0.6 is 11.6 Å². The Kier molecular flexibility index (Phi) is 5.41. The smallest absolute Gasteiger partial charge is 0.412 e. The van der Waals surface area contributed by atoms with E-state index < -0.39 is 29.0 Å². The summed E-state index contributed by atoms with van der Waals surface area (Å²) in [4.78, 5) is 27.6. The molecule has 3 N–H and O–H groups in total. The first-order valence-corrected chi connectivity index (χ1v) is 12.5. The van der Waals surface area contributed by atoms with Gasteiger partial charge in [-0.25, -0.2) is 18.3 Å². The van der Waals surface area contributed by atoms with E-state index in [4.69, 9.17) is 22.1 Å². The highest BCUT2D eigenvalue weighted by Gasteiger charge is 2.49. The molecule has 0 bridgehead atoms. The summed E-state index contributed by atoms with van der Waals surface area (Å²) in [5, 5.41) is 6.90. The molecule has 11 heteroatoms. The van der Waals surface area contributed by atoms with E-state index in [9.17, 15) is 14.0 Å². The van der Waals surface area contributed by atoms with Crippen LogP contribution in [-0.4, -0.2) is 39.8 Å². The van der Waals surface area contributed by atoms with Crippen molar-refractivity contribution < 1.29 is 23.1 Å². The summed E-state index contributed by atoms with van der Waals surface area (Å²) >= 11 is 6.05. The van der Waals surface area contributed by atoms with Crippen LogP contribution in [0.15, 0.2) is 42.6 Å². The second kappa shape index (κ2) is 8.44. The number of nitrogens with one attached hydrogen (secondary N) is 1. The lowest BCUT2D eigenvalue weighted by atomic mass is 9.72. The number of fused-ring (bicyclic) bond motifs is 2. The van der Waals surface area contributed by atoms with Gasteiger partial charge in [-0.3, -0.25) is 10.1 Å². The van der Waals surface area contributed by atoms with Crippen molar-refractivity contribution in [2.75, 3.05) is 24.1 Å².